The Morgan fingerprint density at radius 1 is 0.800 bits per heavy atom. The first kappa shape index (κ1) is 28.2. The van der Waals surface area contributed by atoms with Crippen molar-refractivity contribution in [2.75, 3.05) is 7.11 Å². The van der Waals surface area contributed by atoms with E-state index in [0.29, 0.717) is 42.4 Å². The van der Waals surface area contributed by atoms with Gasteiger partial charge >= 0.3 is 0 Å². The Hall–Kier alpha value is -4.77. The van der Waals surface area contributed by atoms with Crippen LogP contribution in [0.25, 0.3) is 6.08 Å². The number of ether oxygens (including phenoxy) is 3. The summed E-state index contributed by atoms with van der Waals surface area (Å²) >= 11 is 0. The number of benzene rings is 4. The smallest absolute Gasteiger partial charge is 0.189 e. The predicted molar refractivity (Wildman–Crippen MR) is 159 cm³/mol. The highest BCUT2D eigenvalue weighted by atomic mass is 16.5. The van der Waals surface area contributed by atoms with Crippen molar-refractivity contribution in [1.82, 2.24) is 0 Å². The summed E-state index contributed by atoms with van der Waals surface area (Å²) in [6, 6.07) is 28.5. The van der Waals surface area contributed by atoms with Crippen molar-refractivity contribution < 1.29 is 24.1 Å². The number of phenols is 1. The molecule has 5 heteroatoms. The molecule has 204 valence electrons. The van der Waals surface area contributed by atoms with Gasteiger partial charge in [0.2, 0.25) is 0 Å². The molecule has 0 radical (unpaired) electrons. The van der Waals surface area contributed by atoms with E-state index in [4.69, 9.17) is 14.2 Å². The van der Waals surface area contributed by atoms with Crippen molar-refractivity contribution in [2.24, 2.45) is 0 Å². The molecule has 0 aliphatic carbocycles. The lowest BCUT2D eigenvalue weighted by Crippen LogP contribution is -2.03. The second-order valence-electron chi connectivity index (χ2n) is 9.57. The summed E-state index contributed by atoms with van der Waals surface area (Å²) in [4.78, 5) is 13.3. The molecular formula is C35H34O5. The Balaban J connectivity index is 1.57. The minimum atomic E-state index is -0.324. The number of phenolic OH excluding ortho intramolecular Hbond substituents is 1. The molecule has 0 heterocycles. The van der Waals surface area contributed by atoms with Gasteiger partial charge in [-0.3, -0.25) is 4.79 Å². The number of rotatable bonds is 12. The van der Waals surface area contributed by atoms with E-state index in [-0.39, 0.29) is 17.1 Å². The van der Waals surface area contributed by atoms with Gasteiger partial charge in [0.1, 0.15) is 36.2 Å². The fraction of sp³-hybridized carbons (Fsp3) is 0.171. The van der Waals surface area contributed by atoms with Gasteiger partial charge in [-0.1, -0.05) is 72.3 Å². The highest BCUT2D eigenvalue weighted by Crippen LogP contribution is 2.34. The second-order valence-corrected chi connectivity index (χ2v) is 9.57. The van der Waals surface area contributed by atoms with Crippen molar-refractivity contribution in [3.63, 3.8) is 0 Å². The van der Waals surface area contributed by atoms with Crippen LogP contribution in [0.15, 0.2) is 109 Å². The Bertz CT molecular complexity index is 1480. The fourth-order valence-corrected chi connectivity index (χ4v) is 4.09. The fourth-order valence-electron chi connectivity index (χ4n) is 4.09. The molecule has 0 saturated carbocycles. The van der Waals surface area contributed by atoms with Gasteiger partial charge in [-0.05, 0) is 67.8 Å². The molecule has 5 nitrogen and oxygen atoms in total. The zero-order valence-electron chi connectivity index (χ0n) is 23.1. The van der Waals surface area contributed by atoms with Gasteiger partial charge in [-0.15, -0.1) is 0 Å². The van der Waals surface area contributed by atoms with Gasteiger partial charge in [-0.2, -0.15) is 0 Å². The number of carbonyl (C=O) groups excluding carboxylic acids is 1. The molecule has 4 aromatic rings. The third-order valence-electron chi connectivity index (χ3n) is 6.33. The number of allylic oxidation sites excluding steroid dienone is 3. The number of methoxy groups -OCH3 is 1. The Kier molecular flexibility index (Phi) is 9.78. The molecule has 0 fully saturated rings. The minimum Gasteiger partial charge on any atom is -0.507 e. The van der Waals surface area contributed by atoms with E-state index in [1.165, 1.54) is 6.08 Å². The van der Waals surface area contributed by atoms with E-state index >= 15 is 0 Å². The van der Waals surface area contributed by atoms with E-state index in [9.17, 15) is 9.90 Å². The molecule has 0 amide bonds. The zero-order valence-corrected chi connectivity index (χ0v) is 23.1. The molecule has 0 bridgehead atoms. The lowest BCUT2D eigenvalue weighted by molar-refractivity contribution is 0.104. The van der Waals surface area contributed by atoms with Gasteiger partial charge < -0.3 is 19.3 Å². The summed E-state index contributed by atoms with van der Waals surface area (Å²) in [5.41, 5.74) is 4.65. The van der Waals surface area contributed by atoms with Gasteiger partial charge in [0.25, 0.3) is 0 Å². The van der Waals surface area contributed by atoms with Gasteiger partial charge in [0.05, 0.1) is 12.7 Å². The van der Waals surface area contributed by atoms with E-state index in [0.717, 1.165) is 22.3 Å². The van der Waals surface area contributed by atoms with Crippen LogP contribution in [0.4, 0.5) is 0 Å². The standard InChI is InChI=1S/C35H34O5/c1-25(2)14-18-31-33(39-23-26-10-6-4-7-11-26)21-19-30(35(31)37)32(36)20-16-28-15-17-29(38-3)22-34(28)40-24-27-12-8-5-9-13-27/h4-17,19-22,37H,18,23-24H2,1-3H3/b20-16+. The van der Waals surface area contributed by atoms with Gasteiger partial charge in [-0.25, -0.2) is 0 Å². The van der Waals surface area contributed by atoms with E-state index in [2.05, 4.69) is 0 Å². The number of hydrogen-bond donors (Lipinski definition) is 1. The topological polar surface area (TPSA) is 65.0 Å². The summed E-state index contributed by atoms with van der Waals surface area (Å²) in [6.45, 7) is 4.72. The summed E-state index contributed by atoms with van der Waals surface area (Å²) in [6.07, 6.45) is 5.58. The van der Waals surface area contributed by atoms with Crippen LogP contribution < -0.4 is 14.2 Å². The van der Waals surface area contributed by atoms with Crippen LogP contribution in [0.2, 0.25) is 0 Å². The van der Waals surface area contributed by atoms with Crippen LogP contribution >= 0.6 is 0 Å². The number of ketones is 1. The molecule has 4 aromatic carbocycles. The quantitative estimate of drug-likeness (QED) is 0.113. The molecule has 0 aliphatic heterocycles. The number of carbonyl (C=O) groups is 1. The van der Waals surface area contributed by atoms with E-state index in [1.54, 1.807) is 31.4 Å². The maximum absolute atomic E-state index is 13.3. The number of hydrogen-bond acceptors (Lipinski definition) is 5. The first-order valence-corrected chi connectivity index (χ1v) is 13.2. The van der Waals surface area contributed by atoms with Crippen LogP contribution in [-0.4, -0.2) is 18.0 Å². The lowest BCUT2D eigenvalue weighted by atomic mass is 10.00. The molecule has 40 heavy (non-hydrogen) atoms. The maximum atomic E-state index is 13.3. The third kappa shape index (κ3) is 7.64. The van der Waals surface area contributed by atoms with Crippen molar-refractivity contribution in [2.45, 2.75) is 33.5 Å². The first-order valence-electron chi connectivity index (χ1n) is 13.2. The number of aromatic hydroxyl groups is 1. The minimum absolute atomic E-state index is 0.0759. The van der Waals surface area contributed by atoms with Crippen LogP contribution in [0.5, 0.6) is 23.0 Å². The van der Waals surface area contributed by atoms with Crippen molar-refractivity contribution in [1.29, 1.82) is 0 Å². The van der Waals surface area contributed by atoms with Gasteiger partial charge in [0.15, 0.2) is 5.78 Å². The first-order chi connectivity index (χ1) is 19.4. The van der Waals surface area contributed by atoms with Crippen molar-refractivity contribution in [3.8, 4) is 23.0 Å². The molecule has 0 aliphatic rings. The lowest BCUT2D eigenvalue weighted by Gasteiger charge is -2.15. The highest BCUT2D eigenvalue weighted by molar-refractivity contribution is 6.09. The van der Waals surface area contributed by atoms with Crippen LogP contribution in [-0.2, 0) is 19.6 Å². The normalized spacial score (nSPS) is 10.8. The van der Waals surface area contributed by atoms with Crippen LogP contribution in [0.1, 0.15) is 46.5 Å². The molecule has 1 N–H and O–H groups in total. The zero-order chi connectivity index (χ0) is 28.3. The summed E-state index contributed by atoms with van der Waals surface area (Å²) in [5, 5.41) is 11.2. The Morgan fingerprint density at radius 3 is 2.02 bits per heavy atom. The van der Waals surface area contributed by atoms with E-state index in [1.807, 2.05) is 92.7 Å². The van der Waals surface area contributed by atoms with Gasteiger partial charge in [0, 0.05) is 17.2 Å². The van der Waals surface area contributed by atoms with Crippen molar-refractivity contribution in [3.05, 3.63) is 137 Å². The molecular weight excluding hydrogens is 500 g/mol. The predicted octanol–water partition coefficient (Wildman–Crippen LogP) is 7.96. The average Bonchev–Trinajstić information content (AvgIpc) is 2.98. The summed E-state index contributed by atoms with van der Waals surface area (Å²) in [7, 11) is 1.60. The van der Waals surface area contributed by atoms with Crippen LogP contribution in [0, 0.1) is 0 Å². The molecule has 0 aromatic heterocycles. The highest BCUT2D eigenvalue weighted by Gasteiger charge is 2.17. The van der Waals surface area contributed by atoms with Crippen molar-refractivity contribution >= 4 is 11.9 Å². The maximum Gasteiger partial charge on any atom is 0.189 e. The monoisotopic (exact) mass is 534 g/mol. The Labute approximate surface area is 236 Å². The molecule has 0 spiro atoms. The SMILES string of the molecule is COc1ccc(/C=C/C(=O)c2ccc(OCc3ccccc3)c(CC=C(C)C)c2O)c(OCc2ccccc2)c1. The van der Waals surface area contributed by atoms with E-state index < -0.39 is 0 Å². The largest absolute Gasteiger partial charge is 0.507 e. The molecule has 0 unspecified atom stereocenters. The third-order valence-corrected chi connectivity index (χ3v) is 6.33. The molecule has 0 atom stereocenters. The van der Waals surface area contributed by atoms with Crippen LogP contribution in [0.3, 0.4) is 0 Å². The average molecular weight is 535 g/mol. The molecule has 4 rings (SSSR count). The summed E-state index contributed by atoms with van der Waals surface area (Å²) in [5.74, 6) is 1.39. The summed E-state index contributed by atoms with van der Waals surface area (Å²) < 4.78 is 17.5. The molecule has 0 saturated heterocycles. The Morgan fingerprint density at radius 2 is 1.43 bits per heavy atom. The second kappa shape index (κ2) is 13.9.